The minimum absolute atomic E-state index is 0.142. The summed E-state index contributed by atoms with van der Waals surface area (Å²) in [5, 5.41) is 23.9. The summed E-state index contributed by atoms with van der Waals surface area (Å²) in [5.41, 5.74) is -1.61. The van der Waals surface area contributed by atoms with Gasteiger partial charge in [-0.25, -0.2) is 4.79 Å². The smallest absolute Gasteiger partial charge is 0.329 e. The van der Waals surface area contributed by atoms with Crippen molar-refractivity contribution >= 4 is 17.8 Å². The normalized spacial score (nSPS) is 14.3. The Morgan fingerprint density at radius 3 is 2.05 bits per heavy atom. The Bertz CT molecular complexity index is 401. The lowest BCUT2D eigenvalue weighted by Crippen LogP contribution is -2.58. The summed E-state index contributed by atoms with van der Waals surface area (Å²) in [6.45, 7) is 8.26. The molecule has 7 heteroatoms. The highest BCUT2D eigenvalue weighted by atomic mass is 16.4. The fourth-order valence-corrected chi connectivity index (χ4v) is 1.98. The van der Waals surface area contributed by atoms with Crippen molar-refractivity contribution in [3.05, 3.63) is 0 Å². The van der Waals surface area contributed by atoms with Gasteiger partial charge in [0.2, 0.25) is 11.8 Å². The van der Waals surface area contributed by atoms with Gasteiger partial charge in [-0.05, 0) is 32.6 Å². The number of nitrogens with one attached hydrogen (secondary N) is 2. The van der Waals surface area contributed by atoms with Gasteiger partial charge in [-0.3, -0.25) is 9.59 Å². The zero-order chi connectivity index (χ0) is 17.5. The summed E-state index contributed by atoms with van der Waals surface area (Å²) < 4.78 is 0. The third kappa shape index (κ3) is 7.40. The molecule has 0 heterocycles. The molecule has 0 spiro atoms. The van der Waals surface area contributed by atoms with Crippen LogP contribution < -0.4 is 10.6 Å². The number of carboxylic acids is 1. The van der Waals surface area contributed by atoms with Gasteiger partial charge in [-0.2, -0.15) is 0 Å². The van der Waals surface area contributed by atoms with Crippen molar-refractivity contribution in [3.8, 4) is 0 Å². The lowest BCUT2D eigenvalue weighted by Gasteiger charge is -2.29. The number of carbonyl (C=O) groups is 3. The van der Waals surface area contributed by atoms with Crippen molar-refractivity contribution in [2.24, 2.45) is 5.92 Å². The van der Waals surface area contributed by atoms with Gasteiger partial charge in [0.1, 0.15) is 6.04 Å². The molecule has 0 radical (unpaired) electrons. The molecular weight excluding hydrogens is 288 g/mol. The van der Waals surface area contributed by atoms with E-state index in [2.05, 4.69) is 10.6 Å². The molecule has 2 amide bonds. The van der Waals surface area contributed by atoms with Gasteiger partial charge < -0.3 is 20.8 Å². The van der Waals surface area contributed by atoms with E-state index in [0.717, 1.165) is 0 Å². The zero-order valence-electron chi connectivity index (χ0n) is 14.0. The minimum Gasteiger partial charge on any atom is -0.480 e. The van der Waals surface area contributed by atoms with E-state index in [-0.39, 0.29) is 11.8 Å². The summed E-state index contributed by atoms with van der Waals surface area (Å²) in [6.07, 6.45) is 1.35. The molecule has 0 aliphatic heterocycles. The molecule has 0 saturated heterocycles. The maximum absolute atomic E-state index is 12.3. The molecule has 0 aromatic heterocycles. The van der Waals surface area contributed by atoms with Crippen LogP contribution in [-0.2, 0) is 14.4 Å². The fourth-order valence-electron chi connectivity index (χ4n) is 1.98. The van der Waals surface area contributed by atoms with Gasteiger partial charge in [0.15, 0.2) is 6.04 Å². The Labute approximate surface area is 131 Å². The first-order chi connectivity index (χ1) is 9.98. The Kier molecular flexibility index (Phi) is 8.08. The van der Waals surface area contributed by atoms with E-state index in [4.69, 9.17) is 5.11 Å². The van der Waals surface area contributed by atoms with Crippen LogP contribution in [0, 0.1) is 5.92 Å². The first kappa shape index (κ1) is 20.4. The van der Waals surface area contributed by atoms with Gasteiger partial charge in [0, 0.05) is 6.42 Å². The van der Waals surface area contributed by atoms with Gasteiger partial charge >= 0.3 is 5.97 Å². The molecule has 0 aliphatic rings. The van der Waals surface area contributed by atoms with Crippen molar-refractivity contribution in [3.63, 3.8) is 0 Å². The van der Waals surface area contributed by atoms with Gasteiger partial charge in [-0.1, -0.05) is 20.8 Å². The SMILES string of the molecule is CCCC(=O)N[C@@H](CC(C)C)C(=O)N[C@H](C(=O)O)C(C)(C)O. The second kappa shape index (κ2) is 8.73. The molecule has 0 bridgehead atoms. The number of aliphatic carboxylic acids is 1. The van der Waals surface area contributed by atoms with E-state index in [1.54, 1.807) is 0 Å². The summed E-state index contributed by atoms with van der Waals surface area (Å²) in [4.78, 5) is 35.2. The number of carbonyl (C=O) groups excluding carboxylic acids is 2. The molecule has 0 rings (SSSR count). The standard InChI is InChI=1S/C15H28N2O5/c1-6-7-11(18)16-10(8-9(2)3)13(19)17-12(14(20)21)15(4,5)22/h9-10,12,22H,6-8H2,1-5H3,(H,16,18)(H,17,19)(H,20,21)/t10-,12+/m0/s1. The lowest BCUT2D eigenvalue weighted by molar-refractivity contribution is -0.149. The van der Waals surface area contributed by atoms with Crippen LogP contribution in [0.15, 0.2) is 0 Å². The van der Waals surface area contributed by atoms with Gasteiger partial charge in [-0.15, -0.1) is 0 Å². The number of hydrogen-bond donors (Lipinski definition) is 4. The largest absolute Gasteiger partial charge is 0.480 e. The summed E-state index contributed by atoms with van der Waals surface area (Å²) in [6, 6.07) is -2.26. The van der Waals surface area contributed by atoms with Crippen LogP contribution in [0.3, 0.4) is 0 Å². The molecule has 0 aromatic carbocycles. The fraction of sp³-hybridized carbons (Fsp3) is 0.800. The average Bonchev–Trinajstić information content (AvgIpc) is 2.32. The quantitative estimate of drug-likeness (QED) is 0.499. The molecule has 2 atom stereocenters. The van der Waals surface area contributed by atoms with Crippen LogP contribution in [0.5, 0.6) is 0 Å². The average molecular weight is 316 g/mol. The van der Waals surface area contributed by atoms with Crippen LogP contribution in [0.2, 0.25) is 0 Å². The second-order valence-corrected chi connectivity index (χ2v) is 6.43. The molecule has 22 heavy (non-hydrogen) atoms. The molecule has 0 aromatic rings. The first-order valence-electron chi connectivity index (χ1n) is 7.53. The molecule has 0 fully saturated rings. The topological polar surface area (TPSA) is 116 Å². The highest BCUT2D eigenvalue weighted by Crippen LogP contribution is 2.11. The second-order valence-electron chi connectivity index (χ2n) is 6.43. The Hall–Kier alpha value is -1.63. The highest BCUT2D eigenvalue weighted by molar-refractivity contribution is 5.90. The van der Waals surface area contributed by atoms with E-state index in [0.29, 0.717) is 19.3 Å². The maximum Gasteiger partial charge on any atom is 0.329 e. The van der Waals surface area contributed by atoms with Crippen LogP contribution in [0.1, 0.15) is 53.9 Å². The van der Waals surface area contributed by atoms with Crippen molar-refractivity contribution in [2.45, 2.75) is 71.6 Å². The summed E-state index contributed by atoms with van der Waals surface area (Å²) in [7, 11) is 0. The van der Waals surface area contributed by atoms with Gasteiger partial charge in [0.05, 0.1) is 5.60 Å². The van der Waals surface area contributed by atoms with E-state index < -0.39 is 29.6 Å². The predicted molar refractivity (Wildman–Crippen MR) is 82.2 cm³/mol. The Morgan fingerprint density at radius 1 is 1.14 bits per heavy atom. The van der Waals surface area contributed by atoms with E-state index in [1.165, 1.54) is 13.8 Å². The van der Waals surface area contributed by atoms with Crippen molar-refractivity contribution < 1.29 is 24.6 Å². The van der Waals surface area contributed by atoms with Crippen LogP contribution in [0.25, 0.3) is 0 Å². The van der Waals surface area contributed by atoms with Crippen molar-refractivity contribution in [2.75, 3.05) is 0 Å². The van der Waals surface area contributed by atoms with Crippen LogP contribution in [0.4, 0.5) is 0 Å². The number of rotatable bonds is 9. The zero-order valence-corrected chi connectivity index (χ0v) is 14.0. The number of carboxylic acid groups (broad SMARTS) is 1. The maximum atomic E-state index is 12.3. The number of hydrogen-bond acceptors (Lipinski definition) is 4. The van der Waals surface area contributed by atoms with E-state index in [9.17, 15) is 19.5 Å². The molecule has 128 valence electrons. The Balaban J connectivity index is 5.02. The third-order valence-corrected chi connectivity index (χ3v) is 3.08. The minimum atomic E-state index is -1.61. The monoisotopic (exact) mass is 316 g/mol. The third-order valence-electron chi connectivity index (χ3n) is 3.08. The molecular formula is C15H28N2O5. The van der Waals surface area contributed by atoms with Gasteiger partial charge in [0.25, 0.3) is 0 Å². The van der Waals surface area contributed by atoms with E-state index >= 15 is 0 Å². The molecule has 0 aliphatic carbocycles. The van der Waals surface area contributed by atoms with E-state index in [1.807, 2.05) is 20.8 Å². The predicted octanol–water partition coefficient (Wildman–Crippen LogP) is 0.658. The highest BCUT2D eigenvalue weighted by Gasteiger charge is 2.36. The molecule has 4 N–H and O–H groups in total. The lowest BCUT2D eigenvalue weighted by atomic mass is 9.97. The summed E-state index contributed by atoms with van der Waals surface area (Å²) in [5.74, 6) is -2.04. The van der Waals surface area contributed by atoms with Crippen molar-refractivity contribution in [1.29, 1.82) is 0 Å². The van der Waals surface area contributed by atoms with Crippen LogP contribution >= 0.6 is 0 Å². The number of aliphatic hydroxyl groups is 1. The first-order valence-corrected chi connectivity index (χ1v) is 7.53. The molecule has 0 unspecified atom stereocenters. The number of amides is 2. The van der Waals surface area contributed by atoms with Crippen LogP contribution in [-0.4, -0.2) is 45.7 Å². The molecule has 7 nitrogen and oxygen atoms in total. The Morgan fingerprint density at radius 2 is 1.68 bits per heavy atom. The molecule has 0 saturated carbocycles. The summed E-state index contributed by atoms with van der Waals surface area (Å²) >= 11 is 0. The van der Waals surface area contributed by atoms with Crippen molar-refractivity contribution in [1.82, 2.24) is 10.6 Å².